The zero-order valence-corrected chi connectivity index (χ0v) is 12.6. The summed E-state index contributed by atoms with van der Waals surface area (Å²) in [6, 6.07) is 4.67. The lowest BCUT2D eigenvalue weighted by atomic mass is 9.83. The van der Waals surface area contributed by atoms with Crippen molar-refractivity contribution in [3.8, 4) is 0 Å². The van der Waals surface area contributed by atoms with Crippen LogP contribution >= 0.6 is 12.6 Å². The maximum atomic E-state index is 4.16. The number of thiol groups is 1. The van der Waals surface area contributed by atoms with Crippen molar-refractivity contribution < 1.29 is 0 Å². The number of aryl methyl sites for hydroxylation is 2. The van der Waals surface area contributed by atoms with Crippen molar-refractivity contribution in [2.75, 3.05) is 12.4 Å². The molecule has 1 N–H and O–H groups in total. The number of hydrogen-bond acceptors (Lipinski definition) is 2. The van der Waals surface area contributed by atoms with Gasteiger partial charge in [-0.05, 0) is 54.5 Å². The molecule has 0 amide bonds. The number of benzene rings is 1. The van der Waals surface area contributed by atoms with Crippen LogP contribution in [0.4, 0.5) is 0 Å². The summed E-state index contributed by atoms with van der Waals surface area (Å²) in [7, 11) is 0. The van der Waals surface area contributed by atoms with Gasteiger partial charge in [0, 0.05) is 5.88 Å². The van der Waals surface area contributed by atoms with Crippen molar-refractivity contribution in [2.45, 2.75) is 46.5 Å². The van der Waals surface area contributed by atoms with Crippen molar-refractivity contribution in [1.29, 1.82) is 0 Å². The minimum Gasteiger partial charge on any atom is -0.308 e. The summed E-state index contributed by atoms with van der Waals surface area (Å²) in [5.41, 5.74) is 5.97. The summed E-state index contributed by atoms with van der Waals surface area (Å²) < 4.78 is 0. The molecule has 0 aliphatic heterocycles. The minimum absolute atomic E-state index is 0.234. The van der Waals surface area contributed by atoms with Crippen molar-refractivity contribution in [3.05, 3.63) is 34.4 Å². The second-order valence-corrected chi connectivity index (χ2v) is 6.06. The lowest BCUT2D eigenvalue weighted by Gasteiger charge is -2.22. The molecule has 0 aromatic heterocycles. The molecule has 1 nitrogen and oxygen atoms in total. The summed E-state index contributed by atoms with van der Waals surface area (Å²) in [4.78, 5) is 0. The fraction of sp³-hybridized carbons (Fsp3) is 0.600. The second kappa shape index (κ2) is 5.92. The molecular formula is C15H25NS. The summed E-state index contributed by atoms with van der Waals surface area (Å²) in [6.07, 6.45) is 1.09. The molecule has 0 aliphatic rings. The molecule has 0 aliphatic carbocycles. The summed E-state index contributed by atoms with van der Waals surface area (Å²) in [5, 5.41) is 3.26. The van der Waals surface area contributed by atoms with Crippen LogP contribution in [-0.4, -0.2) is 12.4 Å². The van der Waals surface area contributed by atoms with E-state index in [0.717, 1.165) is 18.8 Å². The summed E-state index contributed by atoms with van der Waals surface area (Å²) >= 11 is 4.16. The van der Waals surface area contributed by atoms with Gasteiger partial charge >= 0.3 is 0 Å². The summed E-state index contributed by atoms with van der Waals surface area (Å²) in [6.45, 7) is 12.2. The predicted molar refractivity (Wildman–Crippen MR) is 80.2 cm³/mol. The van der Waals surface area contributed by atoms with Gasteiger partial charge in [0.15, 0.2) is 0 Å². The van der Waals surface area contributed by atoms with Crippen LogP contribution < -0.4 is 5.32 Å². The first-order chi connectivity index (χ1) is 7.86. The molecule has 0 saturated carbocycles. The lowest BCUT2D eigenvalue weighted by molar-refractivity contribution is 0.588. The van der Waals surface area contributed by atoms with Gasteiger partial charge in [-0.1, -0.05) is 32.9 Å². The lowest BCUT2D eigenvalue weighted by Crippen LogP contribution is -2.17. The molecule has 96 valence electrons. The molecule has 0 unspecified atom stereocenters. The fourth-order valence-corrected chi connectivity index (χ4v) is 2.27. The van der Waals surface area contributed by atoms with Crippen LogP contribution in [0.2, 0.25) is 0 Å². The van der Waals surface area contributed by atoms with E-state index in [-0.39, 0.29) is 5.41 Å². The minimum atomic E-state index is 0.234. The summed E-state index contributed by atoms with van der Waals surface area (Å²) in [5.74, 6) is 0.748. The van der Waals surface area contributed by atoms with Gasteiger partial charge in [-0.3, -0.25) is 0 Å². The topological polar surface area (TPSA) is 12.0 Å². The van der Waals surface area contributed by atoms with Gasteiger partial charge in [-0.2, -0.15) is 12.6 Å². The Kier molecular flexibility index (Phi) is 5.08. The molecule has 17 heavy (non-hydrogen) atoms. The van der Waals surface area contributed by atoms with Gasteiger partial charge in [-0.15, -0.1) is 0 Å². The van der Waals surface area contributed by atoms with E-state index in [4.69, 9.17) is 0 Å². The first-order valence-corrected chi connectivity index (χ1v) is 6.91. The molecule has 0 saturated heterocycles. The Hall–Kier alpha value is -0.470. The van der Waals surface area contributed by atoms with E-state index in [1.54, 1.807) is 0 Å². The van der Waals surface area contributed by atoms with Gasteiger partial charge < -0.3 is 5.32 Å². The van der Waals surface area contributed by atoms with E-state index in [2.05, 4.69) is 64.7 Å². The highest BCUT2D eigenvalue weighted by Crippen LogP contribution is 2.26. The smallest absolute Gasteiger partial charge is 0.0387 e. The van der Waals surface area contributed by atoms with E-state index < -0.39 is 0 Å². The molecule has 0 radical (unpaired) electrons. The Balaban J connectivity index is 2.95. The Morgan fingerprint density at radius 2 is 1.65 bits per heavy atom. The number of nitrogens with one attached hydrogen (secondary N) is 1. The van der Waals surface area contributed by atoms with Crippen molar-refractivity contribution in [3.63, 3.8) is 0 Å². The zero-order chi connectivity index (χ0) is 13.1. The van der Waals surface area contributed by atoms with Crippen molar-refractivity contribution in [1.82, 2.24) is 5.32 Å². The normalized spacial score (nSPS) is 11.9. The molecule has 2 heteroatoms. The highest BCUT2D eigenvalue weighted by molar-refractivity contribution is 7.80. The van der Waals surface area contributed by atoms with E-state index in [0.29, 0.717) is 0 Å². The standard InChI is InChI=1S/C15H25NS/c1-11-8-13(15(3,4)5)9-12(2)14(11)6-7-16-10-17/h8-9,16-17H,6-7,10H2,1-5H3. The van der Waals surface area contributed by atoms with E-state index in [9.17, 15) is 0 Å². The van der Waals surface area contributed by atoms with Gasteiger partial charge in [0.25, 0.3) is 0 Å². The maximum absolute atomic E-state index is 4.16. The zero-order valence-electron chi connectivity index (χ0n) is 11.7. The molecule has 1 aromatic carbocycles. The first kappa shape index (κ1) is 14.6. The number of rotatable bonds is 4. The van der Waals surface area contributed by atoms with Crippen molar-refractivity contribution in [2.24, 2.45) is 0 Å². The highest BCUT2D eigenvalue weighted by Gasteiger charge is 2.15. The van der Waals surface area contributed by atoms with Gasteiger partial charge in [-0.25, -0.2) is 0 Å². The van der Waals surface area contributed by atoms with Crippen LogP contribution in [0.15, 0.2) is 12.1 Å². The average Bonchev–Trinajstić information content (AvgIpc) is 2.20. The third kappa shape index (κ3) is 4.04. The Morgan fingerprint density at radius 3 is 2.06 bits per heavy atom. The monoisotopic (exact) mass is 251 g/mol. The van der Waals surface area contributed by atoms with Crippen LogP contribution in [0.25, 0.3) is 0 Å². The third-order valence-corrected chi connectivity index (χ3v) is 3.45. The number of hydrogen-bond donors (Lipinski definition) is 2. The SMILES string of the molecule is Cc1cc(C(C)(C)C)cc(C)c1CCNCS. The molecule has 1 rings (SSSR count). The average molecular weight is 251 g/mol. The Bertz CT molecular complexity index is 354. The molecular weight excluding hydrogens is 226 g/mol. The maximum Gasteiger partial charge on any atom is 0.0387 e. The Morgan fingerprint density at radius 1 is 1.12 bits per heavy atom. The fourth-order valence-electron chi connectivity index (χ4n) is 2.11. The van der Waals surface area contributed by atoms with E-state index >= 15 is 0 Å². The van der Waals surface area contributed by atoms with Crippen LogP contribution in [0.5, 0.6) is 0 Å². The van der Waals surface area contributed by atoms with Crippen LogP contribution in [0, 0.1) is 13.8 Å². The molecule has 0 spiro atoms. The van der Waals surface area contributed by atoms with Crippen LogP contribution in [0.1, 0.15) is 43.0 Å². The van der Waals surface area contributed by atoms with E-state index in [1.807, 2.05) is 0 Å². The quantitative estimate of drug-likeness (QED) is 0.473. The van der Waals surface area contributed by atoms with Crippen molar-refractivity contribution >= 4 is 12.6 Å². The molecule has 1 aromatic rings. The third-order valence-electron chi connectivity index (χ3n) is 3.23. The largest absolute Gasteiger partial charge is 0.308 e. The van der Waals surface area contributed by atoms with Gasteiger partial charge in [0.1, 0.15) is 0 Å². The predicted octanol–water partition coefficient (Wildman–Crippen LogP) is 3.62. The van der Waals surface area contributed by atoms with E-state index in [1.165, 1.54) is 22.3 Å². The second-order valence-electron chi connectivity index (χ2n) is 5.75. The van der Waals surface area contributed by atoms with Gasteiger partial charge in [0.2, 0.25) is 0 Å². The molecule has 0 fully saturated rings. The molecule has 0 atom stereocenters. The molecule has 0 bridgehead atoms. The van der Waals surface area contributed by atoms with Gasteiger partial charge in [0.05, 0.1) is 0 Å². The first-order valence-electron chi connectivity index (χ1n) is 6.28. The van der Waals surface area contributed by atoms with Crippen LogP contribution in [0.3, 0.4) is 0 Å². The van der Waals surface area contributed by atoms with Crippen LogP contribution in [-0.2, 0) is 11.8 Å². The molecule has 0 heterocycles. The Labute approximate surface area is 111 Å². The highest BCUT2D eigenvalue weighted by atomic mass is 32.1.